The highest BCUT2D eigenvalue weighted by molar-refractivity contribution is 5.97. The first-order valence-corrected chi connectivity index (χ1v) is 16.2. The number of rotatable bonds is 7. The summed E-state index contributed by atoms with van der Waals surface area (Å²) >= 11 is 0. The second-order valence-electron chi connectivity index (χ2n) is 13.7. The molecule has 7 rings (SSSR count). The Morgan fingerprint density at radius 3 is 2.62 bits per heavy atom. The Morgan fingerprint density at radius 2 is 1.88 bits per heavy atom. The van der Waals surface area contributed by atoms with E-state index >= 15 is 0 Å². The number of carbonyl (C=O) groups excluding carboxylic acids is 2. The fraction of sp³-hybridized carbons (Fsp3) is 0.405. The minimum atomic E-state index is -0.581. The zero-order chi connectivity index (χ0) is 33.6. The Bertz CT molecular complexity index is 1930. The van der Waals surface area contributed by atoms with Crippen molar-refractivity contribution in [2.75, 3.05) is 33.4 Å². The van der Waals surface area contributed by atoms with E-state index in [1.54, 1.807) is 42.5 Å². The number of likely N-dealkylation sites (tertiary alicyclic amines) is 1. The van der Waals surface area contributed by atoms with Gasteiger partial charge >= 0.3 is 6.09 Å². The quantitative estimate of drug-likeness (QED) is 0.243. The van der Waals surface area contributed by atoms with Crippen molar-refractivity contribution in [1.29, 1.82) is 5.26 Å². The van der Waals surface area contributed by atoms with E-state index in [0.717, 1.165) is 30.4 Å². The predicted octanol–water partition coefficient (Wildman–Crippen LogP) is 6.34. The Hall–Kier alpha value is -5.08. The number of nitriles is 1. The van der Waals surface area contributed by atoms with Gasteiger partial charge in [0, 0.05) is 55.2 Å². The monoisotopic (exact) mass is 650 g/mol. The van der Waals surface area contributed by atoms with E-state index in [1.165, 1.54) is 0 Å². The largest absolute Gasteiger partial charge is 0.496 e. The third kappa shape index (κ3) is 6.16. The zero-order valence-electron chi connectivity index (χ0n) is 27.5. The molecule has 0 unspecified atom stereocenters. The molecule has 1 aliphatic carbocycles. The number of hydrogen-bond acceptors (Lipinski definition) is 9. The lowest BCUT2D eigenvalue weighted by Crippen LogP contribution is -2.44. The van der Waals surface area contributed by atoms with Crippen LogP contribution in [0.3, 0.4) is 0 Å². The molecule has 1 N–H and O–H groups in total. The average Bonchev–Trinajstić information content (AvgIpc) is 3.37. The van der Waals surface area contributed by atoms with Gasteiger partial charge in [0.1, 0.15) is 40.6 Å². The van der Waals surface area contributed by atoms with E-state index in [0.29, 0.717) is 71.4 Å². The Labute approximate surface area is 278 Å². The van der Waals surface area contributed by atoms with Crippen molar-refractivity contribution in [3.05, 3.63) is 65.9 Å². The molecule has 3 aliphatic rings. The number of piperidine rings is 1. The summed E-state index contributed by atoms with van der Waals surface area (Å²) in [6, 6.07) is 16.7. The molecule has 248 valence electrons. The van der Waals surface area contributed by atoms with Crippen LogP contribution in [0.4, 0.5) is 4.79 Å². The van der Waals surface area contributed by atoms with E-state index in [1.807, 2.05) is 45.0 Å². The predicted molar refractivity (Wildman–Crippen MR) is 177 cm³/mol. The normalized spacial score (nSPS) is 20.6. The van der Waals surface area contributed by atoms with Crippen LogP contribution in [0.25, 0.3) is 33.6 Å². The van der Waals surface area contributed by atoms with Crippen LogP contribution in [0, 0.1) is 17.2 Å². The maximum Gasteiger partial charge on any atom is 0.410 e. The number of methoxy groups -OCH3 is 1. The SMILES string of the molecule is COc1cc(C(=O)N[C@@]23C[C@@H]2CN(C(=O)OC(C)(C)C)C3)ccc1-c1cc2nccc(-c3ccc(OC4CCOCC4)c(C#N)c3)c2o1. The minimum Gasteiger partial charge on any atom is -0.496 e. The van der Waals surface area contributed by atoms with Gasteiger partial charge in [0.2, 0.25) is 0 Å². The van der Waals surface area contributed by atoms with Gasteiger partial charge in [0.15, 0.2) is 5.58 Å². The van der Waals surface area contributed by atoms with Crippen molar-refractivity contribution in [3.8, 4) is 40.0 Å². The van der Waals surface area contributed by atoms with Crippen molar-refractivity contribution >= 4 is 23.1 Å². The second-order valence-corrected chi connectivity index (χ2v) is 13.7. The summed E-state index contributed by atoms with van der Waals surface area (Å²) in [5.41, 5.74) is 3.31. The van der Waals surface area contributed by atoms with Crippen LogP contribution in [-0.4, -0.2) is 72.5 Å². The van der Waals surface area contributed by atoms with Crippen LogP contribution < -0.4 is 14.8 Å². The van der Waals surface area contributed by atoms with Gasteiger partial charge in [0.05, 0.1) is 37.0 Å². The number of pyridine rings is 1. The van der Waals surface area contributed by atoms with Gasteiger partial charge in [-0.25, -0.2) is 4.79 Å². The van der Waals surface area contributed by atoms with Crippen molar-refractivity contribution in [1.82, 2.24) is 15.2 Å². The molecule has 3 fully saturated rings. The van der Waals surface area contributed by atoms with Crippen molar-refractivity contribution in [3.63, 3.8) is 0 Å². The van der Waals surface area contributed by atoms with Gasteiger partial charge in [-0.2, -0.15) is 5.26 Å². The van der Waals surface area contributed by atoms with Crippen molar-refractivity contribution in [2.24, 2.45) is 5.92 Å². The second kappa shape index (κ2) is 12.2. The fourth-order valence-electron chi connectivity index (χ4n) is 6.64. The van der Waals surface area contributed by atoms with Crippen LogP contribution >= 0.6 is 0 Å². The molecule has 11 nitrogen and oxygen atoms in total. The third-order valence-electron chi connectivity index (χ3n) is 9.17. The van der Waals surface area contributed by atoms with Crippen LogP contribution in [0.2, 0.25) is 0 Å². The van der Waals surface area contributed by atoms with Crippen LogP contribution in [-0.2, 0) is 9.47 Å². The number of aromatic nitrogens is 1. The highest BCUT2D eigenvalue weighted by Crippen LogP contribution is 2.50. The Morgan fingerprint density at radius 1 is 1.06 bits per heavy atom. The van der Waals surface area contributed by atoms with Crippen LogP contribution in [0.5, 0.6) is 11.5 Å². The molecule has 2 aromatic heterocycles. The number of furan rings is 1. The first-order valence-electron chi connectivity index (χ1n) is 16.2. The number of benzene rings is 2. The number of fused-ring (bicyclic) bond motifs is 2. The zero-order valence-corrected chi connectivity index (χ0v) is 27.5. The number of ether oxygens (including phenoxy) is 4. The van der Waals surface area contributed by atoms with E-state index in [9.17, 15) is 14.9 Å². The Kier molecular flexibility index (Phi) is 8.00. The van der Waals surface area contributed by atoms with E-state index in [-0.39, 0.29) is 24.0 Å². The summed E-state index contributed by atoms with van der Waals surface area (Å²) in [5.74, 6) is 1.51. The molecule has 0 radical (unpaired) electrons. The summed E-state index contributed by atoms with van der Waals surface area (Å²) in [4.78, 5) is 32.2. The van der Waals surface area contributed by atoms with Gasteiger partial charge in [-0.15, -0.1) is 0 Å². The van der Waals surface area contributed by atoms with Crippen molar-refractivity contribution < 1.29 is 33.0 Å². The molecule has 2 atom stereocenters. The fourth-order valence-corrected chi connectivity index (χ4v) is 6.64. The average molecular weight is 651 g/mol. The number of carbonyl (C=O) groups is 2. The molecule has 2 aromatic carbocycles. The van der Waals surface area contributed by atoms with Gasteiger partial charge in [-0.05, 0) is 69.2 Å². The molecule has 4 aromatic rings. The van der Waals surface area contributed by atoms with Crippen LogP contribution in [0.15, 0.2) is 59.1 Å². The molecular formula is C37H38N4O7. The van der Waals surface area contributed by atoms with E-state index in [4.69, 9.17) is 23.4 Å². The first-order chi connectivity index (χ1) is 23.1. The molecule has 11 heteroatoms. The molecule has 0 bridgehead atoms. The van der Waals surface area contributed by atoms with Gasteiger partial charge in [-0.3, -0.25) is 9.78 Å². The summed E-state index contributed by atoms with van der Waals surface area (Å²) in [7, 11) is 1.55. The third-order valence-corrected chi connectivity index (χ3v) is 9.17. The summed E-state index contributed by atoms with van der Waals surface area (Å²) < 4.78 is 29.2. The van der Waals surface area contributed by atoms with E-state index < -0.39 is 11.1 Å². The maximum absolute atomic E-state index is 13.4. The molecule has 2 aliphatic heterocycles. The van der Waals surface area contributed by atoms with Gasteiger partial charge in [0.25, 0.3) is 5.91 Å². The Balaban J connectivity index is 1.10. The smallest absolute Gasteiger partial charge is 0.410 e. The van der Waals surface area contributed by atoms with Crippen molar-refractivity contribution in [2.45, 2.75) is 57.3 Å². The summed E-state index contributed by atoms with van der Waals surface area (Å²) in [6.45, 7) is 7.80. The number of hydrogen-bond donors (Lipinski definition) is 1. The lowest BCUT2D eigenvalue weighted by molar-refractivity contribution is 0.0253. The highest BCUT2D eigenvalue weighted by Gasteiger charge is 2.62. The minimum absolute atomic E-state index is 0.0203. The molecule has 4 heterocycles. The summed E-state index contributed by atoms with van der Waals surface area (Å²) in [6.07, 6.45) is 3.77. The van der Waals surface area contributed by atoms with Gasteiger partial charge < -0.3 is 33.6 Å². The first kappa shape index (κ1) is 31.5. The number of amides is 2. The highest BCUT2D eigenvalue weighted by atomic mass is 16.6. The molecule has 0 spiro atoms. The summed E-state index contributed by atoms with van der Waals surface area (Å²) in [5, 5.41) is 13.1. The molecule has 1 saturated carbocycles. The molecule has 2 saturated heterocycles. The molecule has 2 amide bonds. The maximum atomic E-state index is 13.4. The number of nitrogens with zero attached hydrogens (tertiary/aromatic N) is 3. The van der Waals surface area contributed by atoms with E-state index in [2.05, 4.69) is 16.4 Å². The molecule has 48 heavy (non-hydrogen) atoms. The molecular weight excluding hydrogens is 612 g/mol. The topological polar surface area (TPSA) is 136 Å². The number of nitrogens with one attached hydrogen (secondary N) is 1. The standard InChI is InChI=1S/C37H38N4O7/c1-36(2,3)48-35(43)41-20-25-18-37(25,21-41)40-34(42)23-5-7-28(31(16-23)44-4)32-17-29-33(47-32)27(9-12-39-29)22-6-8-30(24(15-22)19-38)46-26-10-13-45-14-11-26/h5-9,12,15-17,25-26H,10-11,13-14,18,20-21H2,1-4H3,(H,40,42)/t25-,37-/m1/s1. The van der Waals surface area contributed by atoms with Gasteiger partial charge in [-0.1, -0.05) is 6.07 Å². The van der Waals surface area contributed by atoms with Crippen LogP contribution in [0.1, 0.15) is 56.0 Å². The lowest BCUT2D eigenvalue weighted by Gasteiger charge is -2.26. The lowest BCUT2D eigenvalue weighted by atomic mass is 10.0.